The minimum absolute atomic E-state index is 1.02. The normalized spacial score (nSPS) is 12.8. The molecule has 49 heavy (non-hydrogen) atoms. The number of allylic oxidation sites excluding steroid dienone is 5. The van der Waals surface area contributed by atoms with Crippen molar-refractivity contribution in [1.29, 1.82) is 0 Å². The van der Waals surface area contributed by atoms with E-state index < -0.39 is 0 Å². The Bertz CT molecular complexity index is 1520. The molecule has 0 fully saturated rings. The van der Waals surface area contributed by atoms with Crippen LogP contribution in [-0.2, 0) is 6.54 Å². The molecule has 0 aliphatic carbocycles. The van der Waals surface area contributed by atoms with Gasteiger partial charge in [-0.15, -0.1) is 0 Å². The van der Waals surface area contributed by atoms with Crippen LogP contribution in [0.15, 0.2) is 116 Å². The molecule has 0 saturated carbocycles. The van der Waals surface area contributed by atoms with Gasteiger partial charge in [0, 0.05) is 31.9 Å². The molecule has 2 N–H and O–H groups in total. The van der Waals surface area contributed by atoms with E-state index in [9.17, 15) is 0 Å². The molecule has 1 aromatic heterocycles. The average molecular weight is 700 g/mol. The second kappa shape index (κ2) is 21.0. The highest BCUT2D eigenvalue weighted by Gasteiger charge is 2.18. The highest BCUT2D eigenvalue weighted by atomic mass is 33.1. The Kier molecular flexibility index (Phi) is 17.2. The third-order valence-electron chi connectivity index (χ3n) is 8.58. The second-order valence-electron chi connectivity index (χ2n) is 14.1. The average Bonchev–Trinajstić information content (AvgIpc) is 3.08. The number of nitrogens with zero attached hydrogens (tertiary/aromatic N) is 4. The maximum absolute atomic E-state index is 3.88. The second-order valence-corrected chi connectivity index (χ2v) is 16.8. The van der Waals surface area contributed by atoms with Crippen molar-refractivity contribution in [1.82, 2.24) is 0 Å². The molecular formula is C42H61N5S2+4. The smallest absolute Gasteiger partial charge is 0.196 e. The van der Waals surface area contributed by atoms with Gasteiger partial charge < -0.3 is 19.2 Å². The van der Waals surface area contributed by atoms with E-state index in [1.807, 2.05) is 33.7 Å². The van der Waals surface area contributed by atoms with Gasteiger partial charge in [-0.25, -0.2) is 0 Å². The van der Waals surface area contributed by atoms with Crippen LogP contribution in [0.5, 0.6) is 0 Å². The molecule has 3 aromatic rings. The van der Waals surface area contributed by atoms with Gasteiger partial charge >= 0.3 is 0 Å². The van der Waals surface area contributed by atoms with Crippen LogP contribution in [0.2, 0.25) is 0 Å². The van der Waals surface area contributed by atoms with Crippen molar-refractivity contribution in [3.63, 3.8) is 0 Å². The molecule has 262 valence electrons. The number of anilines is 1. The zero-order chi connectivity index (χ0) is 35.5. The highest BCUT2D eigenvalue weighted by Crippen LogP contribution is 2.22. The highest BCUT2D eigenvalue weighted by molar-refractivity contribution is 8.76. The lowest BCUT2D eigenvalue weighted by atomic mass is 10.1. The van der Waals surface area contributed by atoms with Gasteiger partial charge in [-0.05, 0) is 47.4 Å². The molecule has 0 amide bonds. The standard InChI is InChI=1S/C42H60N5S2/c1-9-10-38(15-16-39-13-11-37(2)12-14-39)23-26-43-27-31-46(5,6)33-35-48-49-36-34-47(7,8)32-30-45-28-24-41(25-29-45)18-17-40-19-21-42(22-20-40)44(3)4/h9-26,28-29,43H,1,27,30-36H2,2-8H3/q+3/p+1. The number of rotatable bonds is 21. The molecule has 0 aliphatic rings. The van der Waals surface area contributed by atoms with E-state index in [2.05, 4.69) is 180 Å². The van der Waals surface area contributed by atoms with Crippen molar-refractivity contribution in [2.75, 3.05) is 91.4 Å². The molecule has 5 nitrogen and oxygen atoms in total. The fraction of sp³-hybridized carbons (Fsp3) is 0.357. The third kappa shape index (κ3) is 16.8. The Morgan fingerprint density at radius 1 is 0.735 bits per heavy atom. The maximum Gasteiger partial charge on any atom is 0.196 e. The lowest BCUT2D eigenvalue weighted by Crippen LogP contribution is -2.80. The number of hydrogen-bond acceptors (Lipinski definition) is 3. The van der Waals surface area contributed by atoms with Gasteiger partial charge in [0.1, 0.15) is 19.6 Å². The van der Waals surface area contributed by atoms with E-state index in [4.69, 9.17) is 0 Å². The zero-order valence-corrected chi connectivity index (χ0v) is 32.7. The number of aromatic nitrogens is 1. The first-order valence-corrected chi connectivity index (χ1v) is 19.8. The molecule has 7 heteroatoms. The summed E-state index contributed by atoms with van der Waals surface area (Å²) >= 11 is 0. The van der Waals surface area contributed by atoms with Gasteiger partial charge in [-0.1, -0.05) is 107 Å². The summed E-state index contributed by atoms with van der Waals surface area (Å²) in [7, 11) is 17.6. The molecule has 0 spiro atoms. The molecule has 3 rings (SSSR count). The molecule has 0 atom stereocenters. The first-order valence-electron chi connectivity index (χ1n) is 17.4. The predicted molar refractivity (Wildman–Crippen MR) is 219 cm³/mol. The number of hydrogen-bond donors (Lipinski definition) is 1. The van der Waals surface area contributed by atoms with Gasteiger partial charge in [0.2, 0.25) is 0 Å². The number of nitrogens with two attached hydrogens (primary N) is 1. The van der Waals surface area contributed by atoms with E-state index >= 15 is 0 Å². The summed E-state index contributed by atoms with van der Waals surface area (Å²) < 4.78 is 4.37. The van der Waals surface area contributed by atoms with E-state index in [0.717, 1.165) is 40.7 Å². The number of likely N-dealkylation sites (N-methyl/N-ethyl adjacent to an activating group) is 2. The third-order valence-corrected chi connectivity index (χ3v) is 10.9. The molecule has 1 heterocycles. The van der Waals surface area contributed by atoms with Crippen LogP contribution in [0, 0.1) is 6.92 Å². The summed E-state index contributed by atoms with van der Waals surface area (Å²) in [6.07, 6.45) is 21.3. The van der Waals surface area contributed by atoms with Crippen molar-refractivity contribution in [2.45, 2.75) is 13.5 Å². The van der Waals surface area contributed by atoms with Crippen LogP contribution in [0.25, 0.3) is 18.2 Å². The number of benzene rings is 2. The lowest BCUT2D eigenvalue weighted by Gasteiger charge is -2.29. The predicted octanol–water partition coefficient (Wildman–Crippen LogP) is 6.96. The van der Waals surface area contributed by atoms with Crippen LogP contribution < -0.4 is 14.8 Å². The Labute approximate surface area is 306 Å². The molecule has 0 unspecified atom stereocenters. The lowest BCUT2D eigenvalue weighted by molar-refractivity contribution is -0.907. The van der Waals surface area contributed by atoms with Gasteiger partial charge in [0.25, 0.3) is 0 Å². The van der Waals surface area contributed by atoms with E-state index in [1.54, 1.807) is 0 Å². The Morgan fingerprint density at radius 2 is 1.29 bits per heavy atom. The summed E-state index contributed by atoms with van der Waals surface area (Å²) in [6, 6.07) is 21.6. The molecule has 0 radical (unpaired) electrons. The first-order chi connectivity index (χ1) is 23.4. The zero-order valence-electron chi connectivity index (χ0n) is 31.1. The van der Waals surface area contributed by atoms with Gasteiger partial charge in [0.05, 0.1) is 59.0 Å². The maximum atomic E-state index is 3.88. The first kappa shape index (κ1) is 40.1. The molecule has 2 aromatic carbocycles. The van der Waals surface area contributed by atoms with Crippen molar-refractivity contribution >= 4 is 45.5 Å². The monoisotopic (exact) mass is 699 g/mol. The topological polar surface area (TPSA) is 23.7 Å². The van der Waals surface area contributed by atoms with Crippen LogP contribution in [-0.4, -0.2) is 95.5 Å². The van der Waals surface area contributed by atoms with Crippen molar-refractivity contribution in [2.24, 2.45) is 0 Å². The molecule has 0 bridgehead atoms. The van der Waals surface area contributed by atoms with Crippen LogP contribution in [0.1, 0.15) is 22.3 Å². The summed E-state index contributed by atoms with van der Waals surface area (Å²) in [4.78, 5) is 2.12. The van der Waals surface area contributed by atoms with Crippen molar-refractivity contribution < 1.29 is 18.8 Å². The number of quaternary nitrogens is 3. The fourth-order valence-electron chi connectivity index (χ4n) is 4.97. The Morgan fingerprint density at radius 3 is 1.88 bits per heavy atom. The Hall–Kier alpha value is -3.33. The van der Waals surface area contributed by atoms with E-state index in [0.29, 0.717) is 0 Å². The molecule has 0 aliphatic heterocycles. The van der Waals surface area contributed by atoms with Crippen LogP contribution >= 0.6 is 21.6 Å². The summed E-state index contributed by atoms with van der Waals surface area (Å²) in [5.41, 5.74) is 7.29. The number of pyridine rings is 1. The van der Waals surface area contributed by atoms with Crippen LogP contribution in [0.4, 0.5) is 5.69 Å². The largest absolute Gasteiger partial charge is 0.378 e. The molecular weight excluding hydrogens is 639 g/mol. The minimum atomic E-state index is 1.02. The summed E-state index contributed by atoms with van der Waals surface area (Å²) in [5, 5.41) is 2.29. The van der Waals surface area contributed by atoms with Gasteiger partial charge in [-0.2, -0.15) is 4.57 Å². The fourth-order valence-corrected chi connectivity index (χ4v) is 7.50. The van der Waals surface area contributed by atoms with Crippen molar-refractivity contribution in [3.8, 4) is 0 Å². The van der Waals surface area contributed by atoms with Crippen molar-refractivity contribution in [3.05, 3.63) is 138 Å². The van der Waals surface area contributed by atoms with E-state index in [-0.39, 0.29) is 0 Å². The summed E-state index contributed by atoms with van der Waals surface area (Å²) in [6.45, 7) is 12.7. The van der Waals surface area contributed by atoms with Gasteiger partial charge in [-0.3, -0.25) is 0 Å². The summed E-state index contributed by atoms with van der Waals surface area (Å²) in [5.74, 6) is 2.35. The quantitative estimate of drug-likeness (QED) is 0.0428. The minimum Gasteiger partial charge on any atom is -0.378 e. The SMILES string of the molecule is C=CC=C(C=C[NH2+]CC[N+](C)(C)CCSSCC[N+](C)(C)CC[n+]1ccc(C=Cc2ccc(N(C)C)cc2)cc1)C=Cc1ccc(C)cc1. The Balaban J connectivity index is 1.27. The van der Waals surface area contributed by atoms with Crippen LogP contribution in [0.3, 0.4) is 0 Å². The number of aryl methyl sites for hydroxylation is 1. The van der Waals surface area contributed by atoms with E-state index in [1.165, 1.54) is 52.5 Å². The van der Waals surface area contributed by atoms with Gasteiger partial charge in [0.15, 0.2) is 18.9 Å². The molecule has 0 saturated heterocycles.